The summed E-state index contributed by atoms with van der Waals surface area (Å²) in [6.07, 6.45) is 2.48. The van der Waals surface area contributed by atoms with Crippen LogP contribution in [0.1, 0.15) is 66.8 Å². The van der Waals surface area contributed by atoms with E-state index in [4.69, 9.17) is 17.2 Å². The number of fused-ring (bicyclic) bond motifs is 2. The molecule has 15 N–H and O–H groups in total. The normalized spacial score (nSPS) is 14.1. The maximum absolute atomic E-state index is 14.8. The minimum Gasteiger partial charge on any atom is -0.508 e. The van der Waals surface area contributed by atoms with E-state index in [1.165, 1.54) is 12.1 Å². The molecule has 0 saturated heterocycles. The van der Waals surface area contributed by atoms with Crippen molar-refractivity contribution in [1.82, 2.24) is 42.2 Å². The second kappa shape index (κ2) is 32.2. The Balaban J connectivity index is 1.07. The van der Waals surface area contributed by atoms with Crippen LogP contribution in [0.4, 0.5) is 0 Å². The lowest BCUT2D eigenvalue weighted by Crippen LogP contribution is -2.61. The highest BCUT2D eigenvalue weighted by Gasteiger charge is 2.36. The number of nitrogens with two attached hydrogens (primary N) is 3. The molecule has 7 aromatic rings. The van der Waals surface area contributed by atoms with Crippen molar-refractivity contribution in [2.45, 2.75) is 107 Å². The molecule has 22 heteroatoms. The minimum absolute atomic E-state index is 0.0188. The molecule has 7 rings (SSSR count). The Kier molecular flexibility index (Phi) is 24.3. The molecule has 0 spiro atoms. The topological polar surface area (TPSA) is 335 Å². The van der Waals surface area contributed by atoms with Gasteiger partial charge in [0.15, 0.2) is 0 Å². The van der Waals surface area contributed by atoms with Crippen LogP contribution in [0.5, 0.6) is 5.75 Å². The van der Waals surface area contributed by atoms with Crippen LogP contribution < -0.4 is 54.4 Å². The van der Waals surface area contributed by atoms with Crippen LogP contribution >= 0.6 is 25.3 Å². The summed E-state index contributed by atoms with van der Waals surface area (Å²) in [5.74, 6) is -7.70. The monoisotopic (exact) mass is 1220 g/mol. The number of aromatic hydroxyl groups is 1. The second-order valence-electron chi connectivity index (χ2n) is 21.8. The highest BCUT2D eigenvalue weighted by molar-refractivity contribution is 7.80. The number of hydrogen-bond acceptors (Lipinski definition) is 13. The van der Waals surface area contributed by atoms with Crippen molar-refractivity contribution in [3.8, 4) is 5.75 Å². The maximum Gasteiger partial charge on any atom is 0.244 e. The lowest BCUT2D eigenvalue weighted by molar-refractivity contribution is -0.135. The summed E-state index contributed by atoms with van der Waals surface area (Å²) in [5, 5.41) is 32.0. The van der Waals surface area contributed by atoms with Crippen molar-refractivity contribution >= 4 is 94.2 Å². The predicted molar refractivity (Wildman–Crippen MR) is 342 cm³/mol. The third-order valence-corrected chi connectivity index (χ3v) is 15.8. The van der Waals surface area contributed by atoms with Gasteiger partial charge in [0.25, 0.3) is 0 Å². The van der Waals surface area contributed by atoms with E-state index in [9.17, 15) is 43.5 Å². The quantitative estimate of drug-likeness (QED) is 0.0219. The van der Waals surface area contributed by atoms with Crippen LogP contribution in [0.25, 0.3) is 21.7 Å². The molecule has 0 radical (unpaired) electrons. The fourth-order valence-electron chi connectivity index (χ4n) is 10.3. The van der Waals surface area contributed by atoms with Gasteiger partial charge < -0.3 is 64.5 Å². The van der Waals surface area contributed by atoms with Gasteiger partial charge in [-0.3, -0.25) is 38.4 Å². The summed E-state index contributed by atoms with van der Waals surface area (Å²) in [4.78, 5) is 116. The van der Waals surface area contributed by atoms with Crippen LogP contribution in [-0.4, -0.2) is 124 Å². The predicted octanol–water partition coefficient (Wildman–Crippen LogP) is 3.74. The van der Waals surface area contributed by atoms with E-state index in [-0.39, 0.29) is 49.5 Å². The van der Waals surface area contributed by atoms with Gasteiger partial charge in [0.05, 0.1) is 6.04 Å². The number of benzene rings is 6. The molecule has 0 fully saturated rings. The molecule has 87 heavy (non-hydrogen) atoms. The zero-order chi connectivity index (χ0) is 62.6. The van der Waals surface area contributed by atoms with Gasteiger partial charge in [-0.25, -0.2) is 0 Å². The number of carbonyl (C=O) groups excluding carboxylic acids is 8. The molecule has 1 aromatic heterocycles. The highest BCUT2D eigenvalue weighted by Crippen LogP contribution is 2.28. The number of unbranched alkanes of at least 4 members (excludes halogenated alkanes) is 1. The smallest absolute Gasteiger partial charge is 0.244 e. The first-order valence-electron chi connectivity index (χ1n) is 28.9. The van der Waals surface area contributed by atoms with Crippen molar-refractivity contribution < 1.29 is 43.5 Å². The number of primary amides is 1. The van der Waals surface area contributed by atoms with E-state index in [2.05, 4.69) is 67.5 Å². The van der Waals surface area contributed by atoms with Crippen LogP contribution in [0.15, 0.2) is 158 Å². The first kappa shape index (κ1) is 65.8. The Morgan fingerprint density at radius 2 is 0.989 bits per heavy atom. The molecule has 0 bridgehead atoms. The average molecular weight is 1220 g/mol. The number of phenols is 1. The Hall–Kier alpha value is -8.70. The van der Waals surface area contributed by atoms with Gasteiger partial charge in [-0.05, 0) is 88.5 Å². The lowest BCUT2D eigenvalue weighted by Gasteiger charge is -2.28. The van der Waals surface area contributed by atoms with Gasteiger partial charge in [0, 0.05) is 53.8 Å². The summed E-state index contributed by atoms with van der Waals surface area (Å²) < 4.78 is 0. The molecule has 8 atom stereocenters. The van der Waals surface area contributed by atoms with Crippen molar-refractivity contribution in [2.24, 2.45) is 23.1 Å². The van der Waals surface area contributed by atoms with E-state index in [0.29, 0.717) is 24.0 Å². The lowest BCUT2D eigenvalue weighted by atomic mass is 9.85. The first-order valence-corrected chi connectivity index (χ1v) is 30.1. The van der Waals surface area contributed by atoms with Gasteiger partial charge in [-0.2, -0.15) is 25.3 Å². The maximum atomic E-state index is 14.8. The number of H-pyrrole nitrogens is 1. The summed E-state index contributed by atoms with van der Waals surface area (Å²) in [6.45, 7) is 3.67. The van der Waals surface area contributed by atoms with Crippen LogP contribution in [0.2, 0.25) is 0 Å². The van der Waals surface area contributed by atoms with E-state index in [1.54, 1.807) is 32.2 Å². The summed E-state index contributed by atoms with van der Waals surface area (Å²) in [6, 6.07) is 35.0. The van der Waals surface area contributed by atoms with Crippen LogP contribution in [0, 0.1) is 5.92 Å². The van der Waals surface area contributed by atoms with Gasteiger partial charge >= 0.3 is 0 Å². The van der Waals surface area contributed by atoms with Gasteiger partial charge in [0.1, 0.15) is 48.0 Å². The van der Waals surface area contributed by atoms with Crippen molar-refractivity contribution in [3.63, 3.8) is 0 Å². The largest absolute Gasteiger partial charge is 0.508 e. The number of phenolic OH excluding ortho intramolecular Hbond substituents is 1. The molecule has 1 heterocycles. The zero-order valence-electron chi connectivity index (χ0n) is 48.5. The molecule has 458 valence electrons. The number of rotatable bonds is 31. The number of nitrogens with one attached hydrogen (secondary N) is 8. The number of hydrogen-bond donors (Lipinski definition) is 14. The Morgan fingerprint density at radius 1 is 0.506 bits per heavy atom. The number of carbonyl (C=O) groups is 8. The standard InChI is InChI=1S/C65H77N11O9S2/c1-38(2)57(65(85)71-50(58(68)78)33-40-24-27-41-15-9-10-20-44(41)31-40)76-63(83)54(37-87)74-59(79)49(23-13-14-30-66)70-61(81)52(34-45-35-69-48-22-12-11-21-47(45)48)72-62(82)53(36-86)75-60(80)51(32-39-25-28-46(77)29-26-39)73-64(84)56(67)55(42-16-5-3-6-17-42)43-18-7-4-8-19-43/h3-12,15-22,24-29,31,35,38,49-57,69,77,86-87H,13-14,23,30,32-34,36-37,66-67H2,1-2H3,(H2,68,78)(H,70,81)(H,71,85)(H,72,82)(H,73,84)(H,74,79)(H,75,80)(H,76,83)/t49-,50-,51-,52+,53+,54+,56-,57-/m0/s1. The third kappa shape index (κ3) is 18.4. The van der Waals surface area contributed by atoms with Gasteiger partial charge in [0.2, 0.25) is 47.3 Å². The van der Waals surface area contributed by atoms with E-state index >= 15 is 0 Å². The fraction of sp³-hybridized carbons (Fsp3) is 0.323. The number of para-hydroxylation sites is 1. The molecule has 20 nitrogen and oxygen atoms in total. The summed E-state index contributed by atoms with van der Waals surface area (Å²) in [7, 11) is 0. The van der Waals surface area contributed by atoms with Crippen molar-refractivity contribution in [1.29, 1.82) is 0 Å². The molecule has 6 aromatic carbocycles. The van der Waals surface area contributed by atoms with Crippen LogP contribution in [-0.2, 0) is 57.6 Å². The fourth-order valence-corrected chi connectivity index (χ4v) is 10.8. The molecule has 0 aliphatic rings. The molecule has 0 unspecified atom stereocenters. The second-order valence-corrected chi connectivity index (χ2v) is 22.5. The number of aromatic nitrogens is 1. The minimum atomic E-state index is -1.39. The molecule has 0 aliphatic carbocycles. The Morgan fingerprint density at radius 3 is 1.59 bits per heavy atom. The first-order chi connectivity index (χ1) is 41.9. The molecular weight excluding hydrogens is 1140 g/mol. The zero-order valence-corrected chi connectivity index (χ0v) is 50.3. The van der Waals surface area contributed by atoms with Crippen LogP contribution in [0.3, 0.4) is 0 Å². The Labute approximate surface area is 516 Å². The van der Waals surface area contributed by atoms with Gasteiger partial charge in [-0.15, -0.1) is 0 Å². The number of amides is 8. The summed E-state index contributed by atoms with van der Waals surface area (Å²) >= 11 is 8.83. The summed E-state index contributed by atoms with van der Waals surface area (Å²) in [5.41, 5.74) is 22.6. The van der Waals surface area contributed by atoms with Gasteiger partial charge in [-0.1, -0.05) is 147 Å². The van der Waals surface area contributed by atoms with E-state index < -0.39 is 107 Å². The highest BCUT2D eigenvalue weighted by atomic mass is 32.1. The SMILES string of the molecule is CC(C)[C@H](NC(=O)[C@@H](CS)NC(=O)[C@H](CCCCN)NC(=O)[C@@H](Cc1c[nH]c2ccccc12)NC(=O)[C@@H](CS)NC(=O)[C@H](Cc1ccc(O)cc1)NC(=O)[C@@H](N)C(c1ccccc1)c1ccccc1)C(=O)N[C@@H](Cc1ccc2ccccc2c1)C(N)=O. The van der Waals surface area contributed by atoms with E-state index in [0.717, 1.165) is 38.4 Å². The van der Waals surface area contributed by atoms with Crippen molar-refractivity contribution in [2.75, 3.05) is 18.1 Å². The third-order valence-electron chi connectivity index (χ3n) is 15.1. The Bertz CT molecular complexity index is 3440. The number of aromatic amines is 1. The molecule has 0 saturated carbocycles. The number of thiol groups is 2. The van der Waals surface area contributed by atoms with E-state index in [1.807, 2.05) is 127 Å². The van der Waals surface area contributed by atoms with Crippen molar-refractivity contribution in [3.05, 3.63) is 186 Å². The molecular formula is C65H77N11O9S2. The average Bonchev–Trinajstić information content (AvgIpc) is 3.54. The molecule has 8 amide bonds. The molecule has 0 aliphatic heterocycles.